The molecule has 2 unspecified atom stereocenters. The van der Waals surface area contributed by atoms with Gasteiger partial charge in [0.05, 0.1) is 7.11 Å². The zero-order valence-electron chi connectivity index (χ0n) is 11.2. The third-order valence-electron chi connectivity index (χ3n) is 3.92. The smallest absolute Gasteiger partial charge is 0.123 e. The van der Waals surface area contributed by atoms with Crippen molar-refractivity contribution in [2.75, 3.05) is 13.7 Å². The molecule has 0 amide bonds. The van der Waals surface area contributed by atoms with Crippen molar-refractivity contribution in [3.8, 4) is 5.75 Å². The summed E-state index contributed by atoms with van der Waals surface area (Å²) in [6, 6.07) is 19.4. The average molecular weight is 253 g/mol. The van der Waals surface area contributed by atoms with Gasteiger partial charge in [-0.2, -0.15) is 0 Å². The first-order valence-corrected chi connectivity index (χ1v) is 6.81. The maximum Gasteiger partial charge on any atom is 0.123 e. The van der Waals surface area contributed by atoms with Crippen LogP contribution in [0.4, 0.5) is 0 Å². The summed E-state index contributed by atoms with van der Waals surface area (Å²) in [6.07, 6.45) is 1.17. The molecule has 2 heteroatoms. The van der Waals surface area contributed by atoms with Crippen LogP contribution in [0.1, 0.15) is 29.5 Å². The summed E-state index contributed by atoms with van der Waals surface area (Å²) in [5, 5.41) is 3.62. The first kappa shape index (κ1) is 12.2. The van der Waals surface area contributed by atoms with Crippen LogP contribution in [0.5, 0.6) is 5.75 Å². The van der Waals surface area contributed by atoms with Gasteiger partial charge in [0.25, 0.3) is 0 Å². The molecule has 98 valence electrons. The predicted molar refractivity (Wildman–Crippen MR) is 77.5 cm³/mol. The van der Waals surface area contributed by atoms with E-state index in [2.05, 4.69) is 47.8 Å². The van der Waals surface area contributed by atoms with E-state index in [1.165, 1.54) is 17.5 Å². The molecule has 0 saturated carbocycles. The van der Waals surface area contributed by atoms with Crippen molar-refractivity contribution in [1.29, 1.82) is 0 Å². The molecule has 19 heavy (non-hydrogen) atoms. The van der Waals surface area contributed by atoms with Crippen LogP contribution in [0, 0.1) is 0 Å². The Morgan fingerprint density at radius 2 is 1.74 bits per heavy atom. The highest BCUT2D eigenvalue weighted by molar-refractivity contribution is 5.39. The fraction of sp³-hybridized carbons (Fsp3) is 0.294. The second-order valence-corrected chi connectivity index (χ2v) is 4.98. The van der Waals surface area contributed by atoms with Crippen LogP contribution in [0.3, 0.4) is 0 Å². The highest BCUT2D eigenvalue weighted by atomic mass is 16.5. The minimum atomic E-state index is 0.346. The summed E-state index contributed by atoms with van der Waals surface area (Å²) >= 11 is 0. The highest BCUT2D eigenvalue weighted by Crippen LogP contribution is 2.40. The normalized spacial score (nSPS) is 22.4. The largest absolute Gasteiger partial charge is 0.496 e. The number of ether oxygens (including phenoxy) is 1. The third-order valence-corrected chi connectivity index (χ3v) is 3.92. The predicted octanol–water partition coefficient (Wildman–Crippen LogP) is 3.51. The van der Waals surface area contributed by atoms with Crippen molar-refractivity contribution < 1.29 is 4.74 Å². The molecular formula is C17H19NO. The van der Waals surface area contributed by atoms with Crippen LogP contribution in [0.2, 0.25) is 0 Å². The summed E-state index contributed by atoms with van der Waals surface area (Å²) in [6.45, 7) is 1.06. The van der Waals surface area contributed by atoms with Gasteiger partial charge in [-0.15, -0.1) is 0 Å². The molecule has 1 aliphatic heterocycles. The molecule has 0 aliphatic carbocycles. The Hall–Kier alpha value is -1.80. The van der Waals surface area contributed by atoms with E-state index in [4.69, 9.17) is 4.74 Å². The lowest BCUT2D eigenvalue weighted by atomic mass is 9.87. The van der Waals surface area contributed by atoms with E-state index in [0.29, 0.717) is 12.0 Å². The number of methoxy groups -OCH3 is 1. The first-order valence-electron chi connectivity index (χ1n) is 6.81. The van der Waals surface area contributed by atoms with E-state index in [9.17, 15) is 0 Å². The standard InChI is InChI=1S/C17H19NO/c1-19-16-10-6-5-9-15(16)17-14(11-12-18-17)13-7-3-2-4-8-13/h2-10,14,17-18H,11-12H2,1H3. The topological polar surface area (TPSA) is 21.3 Å². The molecule has 1 fully saturated rings. The molecule has 0 radical (unpaired) electrons. The average Bonchev–Trinajstić information content (AvgIpc) is 2.97. The Morgan fingerprint density at radius 3 is 2.53 bits per heavy atom. The van der Waals surface area contributed by atoms with Gasteiger partial charge < -0.3 is 10.1 Å². The summed E-state index contributed by atoms with van der Waals surface area (Å²) in [5.74, 6) is 1.50. The molecule has 2 aromatic rings. The van der Waals surface area contributed by atoms with Gasteiger partial charge in [-0.25, -0.2) is 0 Å². The lowest BCUT2D eigenvalue weighted by molar-refractivity contribution is 0.400. The Kier molecular flexibility index (Phi) is 3.51. The molecule has 0 bridgehead atoms. The minimum Gasteiger partial charge on any atom is -0.496 e. The molecule has 3 rings (SSSR count). The van der Waals surface area contributed by atoms with Crippen molar-refractivity contribution in [3.05, 3.63) is 65.7 Å². The molecule has 1 saturated heterocycles. The van der Waals surface area contributed by atoms with E-state index >= 15 is 0 Å². The van der Waals surface area contributed by atoms with Gasteiger partial charge in [0.15, 0.2) is 0 Å². The SMILES string of the molecule is COc1ccccc1C1NCCC1c1ccccc1. The second kappa shape index (κ2) is 5.45. The molecular weight excluding hydrogens is 234 g/mol. The summed E-state index contributed by atoms with van der Waals surface area (Å²) in [4.78, 5) is 0. The summed E-state index contributed by atoms with van der Waals surface area (Å²) in [7, 11) is 1.74. The van der Waals surface area contributed by atoms with Crippen LogP contribution >= 0.6 is 0 Å². The van der Waals surface area contributed by atoms with Gasteiger partial charge >= 0.3 is 0 Å². The van der Waals surface area contributed by atoms with E-state index in [0.717, 1.165) is 12.3 Å². The molecule has 0 aromatic heterocycles. The molecule has 0 spiro atoms. The molecule has 2 aromatic carbocycles. The first-order chi connectivity index (χ1) is 9.40. The van der Waals surface area contributed by atoms with E-state index < -0.39 is 0 Å². The Bertz CT molecular complexity index is 538. The van der Waals surface area contributed by atoms with Gasteiger partial charge in [-0.3, -0.25) is 0 Å². The number of hydrogen-bond acceptors (Lipinski definition) is 2. The Morgan fingerprint density at radius 1 is 1.00 bits per heavy atom. The quantitative estimate of drug-likeness (QED) is 0.903. The van der Waals surface area contributed by atoms with E-state index in [1.807, 2.05) is 12.1 Å². The number of nitrogens with one attached hydrogen (secondary N) is 1. The van der Waals surface area contributed by atoms with Crippen LogP contribution in [-0.2, 0) is 0 Å². The second-order valence-electron chi connectivity index (χ2n) is 4.98. The van der Waals surface area contributed by atoms with E-state index in [1.54, 1.807) is 7.11 Å². The van der Waals surface area contributed by atoms with Crippen LogP contribution in [0.15, 0.2) is 54.6 Å². The zero-order valence-corrected chi connectivity index (χ0v) is 11.2. The third kappa shape index (κ3) is 2.36. The maximum absolute atomic E-state index is 5.50. The molecule has 2 nitrogen and oxygen atoms in total. The number of hydrogen-bond donors (Lipinski definition) is 1. The maximum atomic E-state index is 5.50. The van der Waals surface area contributed by atoms with Crippen molar-refractivity contribution in [3.63, 3.8) is 0 Å². The van der Waals surface area contributed by atoms with E-state index in [-0.39, 0.29) is 0 Å². The summed E-state index contributed by atoms with van der Waals surface area (Å²) < 4.78 is 5.50. The van der Waals surface area contributed by atoms with Gasteiger partial charge in [0, 0.05) is 17.5 Å². The van der Waals surface area contributed by atoms with Crippen LogP contribution < -0.4 is 10.1 Å². The van der Waals surface area contributed by atoms with Crippen molar-refractivity contribution in [2.24, 2.45) is 0 Å². The van der Waals surface area contributed by atoms with Gasteiger partial charge in [-0.1, -0.05) is 48.5 Å². The van der Waals surface area contributed by atoms with Crippen molar-refractivity contribution in [2.45, 2.75) is 18.4 Å². The Balaban J connectivity index is 1.95. The van der Waals surface area contributed by atoms with Gasteiger partial charge in [0.1, 0.15) is 5.75 Å². The summed E-state index contributed by atoms with van der Waals surface area (Å²) in [5.41, 5.74) is 2.67. The zero-order chi connectivity index (χ0) is 13.1. The van der Waals surface area contributed by atoms with Crippen LogP contribution in [-0.4, -0.2) is 13.7 Å². The number of para-hydroxylation sites is 1. The highest BCUT2D eigenvalue weighted by Gasteiger charge is 2.30. The fourth-order valence-electron chi connectivity index (χ4n) is 3.01. The lowest BCUT2D eigenvalue weighted by Crippen LogP contribution is -2.17. The molecule has 1 N–H and O–H groups in total. The molecule has 1 heterocycles. The van der Waals surface area contributed by atoms with Gasteiger partial charge in [-0.05, 0) is 24.6 Å². The number of benzene rings is 2. The van der Waals surface area contributed by atoms with Crippen molar-refractivity contribution in [1.82, 2.24) is 5.32 Å². The molecule has 2 atom stereocenters. The fourth-order valence-corrected chi connectivity index (χ4v) is 3.01. The van der Waals surface area contributed by atoms with Gasteiger partial charge in [0.2, 0.25) is 0 Å². The lowest BCUT2D eigenvalue weighted by Gasteiger charge is -2.22. The van der Waals surface area contributed by atoms with Crippen molar-refractivity contribution >= 4 is 0 Å². The minimum absolute atomic E-state index is 0.346. The van der Waals surface area contributed by atoms with Crippen LogP contribution in [0.25, 0.3) is 0 Å². The number of rotatable bonds is 3. The monoisotopic (exact) mass is 253 g/mol. The Labute approximate surface area is 114 Å². The molecule has 1 aliphatic rings.